The van der Waals surface area contributed by atoms with Crippen molar-refractivity contribution in [3.63, 3.8) is 0 Å². The summed E-state index contributed by atoms with van der Waals surface area (Å²) >= 11 is 6.23. The van der Waals surface area contributed by atoms with Crippen molar-refractivity contribution < 1.29 is 19.1 Å². The Morgan fingerprint density at radius 1 is 1.14 bits per heavy atom. The van der Waals surface area contributed by atoms with E-state index in [2.05, 4.69) is 4.98 Å². The maximum atomic E-state index is 11.8. The van der Waals surface area contributed by atoms with E-state index in [4.69, 9.17) is 21.1 Å². The molecule has 2 aromatic rings. The molecule has 0 saturated carbocycles. The lowest BCUT2D eigenvalue weighted by Gasteiger charge is -2.08. The number of pyridine rings is 1. The van der Waals surface area contributed by atoms with Gasteiger partial charge in [-0.3, -0.25) is 4.98 Å². The predicted molar refractivity (Wildman–Crippen MR) is 78.7 cm³/mol. The summed E-state index contributed by atoms with van der Waals surface area (Å²) in [7, 11) is 0. The van der Waals surface area contributed by atoms with Gasteiger partial charge in [-0.1, -0.05) is 11.6 Å². The number of fused-ring (bicyclic) bond motifs is 1. The van der Waals surface area contributed by atoms with Crippen LogP contribution in [-0.2, 0) is 9.47 Å². The van der Waals surface area contributed by atoms with Crippen LogP contribution < -0.4 is 0 Å². The highest BCUT2D eigenvalue weighted by Crippen LogP contribution is 2.27. The van der Waals surface area contributed by atoms with Gasteiger partial charge in [-0.2, -0.15) is 0 Å². The van der Waals surface area contributed by atoms with Gasteiger partial charge in [0, 0.05) is 11.6 Å². The third-order valence-corrected chi connectivity index (χ3v) is 3.22. The molecule has 0 aliphatic heterocycles. The fraction of sp³-hybridized carbons (Fsp3) is 0.267. The summed E-state index contributed by atoms with van der Waals surface area (Å²) in [6.07, 6.45) is 1.37. The van der Waals surface area contributed by atoms with Crippen LogP contribution in [0.1, 0.15) is 34.6 Å². The average molecular weight is 308 g/mol. The van der Waals surface area contributed by atoms with E-state index in [9.17, 15) is 9.59 Å². The number of esters is 2. The van der Waals surface area contributed by atoms with Crippen LogP contribution in [0, 0.1) is 0 Å². The third-order valence-electron chi connectivity index (χ3n) is 2.81. The number of carbonyl (C=O) groups excluding carboxylic acids is 2. The summed E-state index contributed by atoms with van der Waals surface area (Å²) in [5.41, 5.74) is 1.11. The molecule has 1 aromatic carbocycles. The first-order valence-corrected chi connectivity index (χ1v) is 6.88. The van der Waals surface area contributed by atoms with Crippen LogP contribution in [0.3, 0.4) is 0 Å². The molecule has 6 heteroatoms. The van der Waals surface area contributed by atoms with E-state index in [0.29, 0.717) is 16.5 Å². The molecular formula is C15H14ClNO4. The zero-order valence-electron chi connectivity index (χ0n) is 11.7. The maximum Gasteiger partial charge on any atom is 0.341 e. The Hall–Kier alpha value is -2.14. The summed E-state index contributed by atoms with van der Waals surface area (Å²) in [5.74, 6) is -0.990. The van der Waals surface area contributed by atoms with Crippen LogP contribution in [0.25, 0.3) is 10.9 Å². The van der Waals surface area contributed by atoms with E-state index < -0.39 is 11.9 Å². The number of halogens is 1. The molecule has 0 N–H and O–H groups in total. The van der Waals surface area contributed by atoms with Crippen molar-refractivity contribution in [1.82, 2.24) is 4.98 Å². The Balaban J connectivity index is 2.51. The number of benzene rings is 1. The largest absolute Gasteiger partial charge is 0.462 e. The summed E-state index contributed by atoms with van der Waals surface area (Å²) < 4.78 is 9.86. The number of aromatic nitrogens is 1. The van der Waals surface area contributed by atoms with Gasteiger partial charge in [-0.05, 0) is 32.0 Å². The maximum absolute atomic E-state index is 11.8. The number of hydrogen-bond donors (Lipinski definition) is 0. The van der Waals surface area contributed by atoms with Gasteiger partial charge in [-0.25, -0.2) is 9.59 Å². The van der Waals surface area contributed by atoms with Crippen molar-refractivity contribution in [2.24, 2.45) is 0 Å². The molecule has 0 amide bonds. The summed E-state index contributed by atoms with van der Waals surface area (Å²) in [6.45, 7) is 3.97. The number of carbonyl (C=O) groups is 2. The predicted octanol–water partition coefficient (Wildman–Crippen LogP) is 3.24. The minimum Gasteiger partial charge on any atom is -0.462 e. The molecule has 0 aliphatic carbocycles. The van der Waals surface area contributed by atoms with Crippen molar-refractivity contribution in [2.45, 2.75) is 13.8 Å². The van der Waals surface area contributed by atoms with E-state index in [-0.39, 0.29) is 23.8 Å². The quantitative estimate of drug-likeness (QED) is 0.811. The van der Waals surface area contributed by atoms with Crippen LogP contribution in [-0.4, -0.2) is 30.1 Å². The molecule has 0 aliphatic rings. The lowest BCUT2D eigenvalue weighted by molar-refractivity contribution is 0.0517. The van der Waals surface area contributed by atoms with Crippen molar-refractivity contribution in [1.29, 1.82) is 0 Å². The Morgan fingerprint density at radius 3 is 2.48 bits per heavy atom. The summed E-state index contributed by atoms with van der Waals surface area (Å²) in [6, 6.07) is 4.82. The van der Waals surface area contributed by atoms with Crippen molar-refractivity contribution >= 4 is 34.4 Å². The second-order valence-corrected chi connectivity index (χ2v) is 4.54. The molecule has 0 bridgehead atoms. The Bertz CT molecular complexity index is 694. The van der Waals surface area contributed by atoms with Crippen molar-refractivity contribution in [3.8, 4) is 0 Å². The first-order chi connectivity index (χ1) is 10.1. The second kappa shape index (κ2) is 6.54. The zero-order chi connectivity index (χ0) is 15.4. The van der Waals surface area contributed by atoms with E-state index >= 15 is 0 Å². The van der Waals surface area contributed by atoms with E-state index in [0.717, 1.165) is 0 Å². The van der Waals surface area contributed by atoms with E-state index in [1.807, 2.05) is 0 Å². The third kappa shape index (κ3) is 3.13. The fourth-order valence-electron chi connectivity index (χ4n) is 1.85. The highest BCUT2D eigenvalue weighted by atomic mass is 35.5. The van der Waals surface area contributed by atoms with Gasteiger partial charge in [0.1, 0.15) is 0 Å². The molecule has 0 spiro atoms. The van der Waals surface area contributed by atoms with Crippen LogP contribution >= 0.6 is 11.6 Å². The Morgan fingerprint density at radius 2 is 1.81 bits per heavy atom. The average Bonchev–Trinajstić information content (AvgIpc) is 2.48. The number of rotatable bonds is 4. The van der Waals surface area contributed by atoms with Gasteiger partial charge < -0.3 is 9.47 Å². The summed E-state index contributed by atoms with van der Waals surface area (Å²) in [5, 5.41) is 0.720. The van der Waals surface area contributed by atoms with Crippen LogP contribution in [0.2, 0.25) is 5.02 Å². The molecule has 2 rings (SSSR count). The topological polar surface area (TPSA) is 65.5 Å². The number of ether oxygens (including phenoxy) is 2. The zero-order valence-corrected chi connectivity index (χ0v) is 12.4. The lowest BCUT2D eigenvalue weighted by atomic mass is 10.1. The molecule has 1 aromatic heterocycles. The van der Waals surface area contributed by atoms with E-state index in [1.54, 1.807) is 32.0 Å². The van der Waals surface area contributed by atoms with Gasteiger partial charge >= 0.3 is 11.9 Å². The van der Waals surface area contributed by atoms with Gasteiger partial charge in [0.25, 0.3) is 0 Å². The summed E-state index contributed by atoms with van der Waals surface area (Å²) in [4.78, 5) is 27.7. The molecule has 0 unspecified atom stereocenters. The molecule has 1 heterocycles. The highest BCUT2D eigenvalue weighted by Gasteiger charge is 2.16. The first-order valence-electron chi connectivity index (χ1n) is 6.51. The molecule has 0 atom stereocenters. The SMILES string of the molecule is CCOC(=O)c1ccc2ncc(C(=O)OCC)c(Cl)c2c1. The van der Waals surface area contributed by atoms with Gasteiger partial charge in [0.15, 0.2) is 0 Å². The molecule has 0 fully saturated rings. The molecule has 5 nitrogen and oxygen atoms in total. The van der Waals surface area contributed by atoms with Gasteiger partial charge in [0.2, 0.25) is 0 Å². The monoisotopic (exact) mass is 307 g/mol. The Labute approximate surface area is 126 Å². The molecule has 0 radical (unpaired) electrons. The highest BCUT2D eigenvalue weighted by molar-refractivity contribution is 6.38. The Kier molecular flexibility index (Phi) is 4.75. The van der Waals surface area contributed by atoms with Crippen LogP contribution in [0.15, 0.2) is 24.4 Å². The minimum atomic E-state index is -0.543. The molecular weight excluding hydrogens is 294 g/mol. The number of nitrogens with zero attached hydrogens (tertiary/aromatic N) is 1. The smallest absolute Gasteiger partial charge is 0.341 e. The van der Waals surface area contributed by atoms with Crippen LogP contribution in [0.4, 0.5) is 0 Å². The van der Waals surface area contributed by atoms with Crippen molar-refractivity contribution in [3.05, 3.63) is 40.5 Å². The van der Waals surface area contributed by atoms with Crippen molar-refractivity contribution in [2.75, 3.05) is 13.2 Å². The molecule has 0 saturated heterocycles. The standard InChI is InChI=1S/C15H14ClNO4/c1-3-20-14(18)9-5-6-12-10(7-9)13(16)11(8-17-12)15(19)21-4-2/h5-8H,3-4H2,1-2H3. The van der Waals surface area contributed by atoms with E-state index in [1.165, 1.54) is 6.20 Å². The van der Waals surface area contributed by atoms with Crippen LogP contribution in [0.5, 0.6) is 0 Å². The van der Waals surface area contributed by atoms with Gasteiger partial charge in [0.05, 0.1) is 34.9 Å². The first kappa shape index (κ1) is 15.3. The molecule has 110 valence electrons. The van der Waals surface area contributed by atoms with Gasteiger partial charge in [-0.15, -0.1) is 0 Å². The second-order valence-electron chi connectivity index (χ2n) is 4.16. The normalized spacial score (nSPS) is 10.4. The lowest BCUT2D eigenvalue weighted by Crippen LogP contribution is -2.07. The fourth-order valence-corrected chi connectivity index (χ4v) is 2.13. The molecule has 21 heavy (non-hydrogen) atoms. The minimum absolute atomic E-state index is 0.173. The number of hydrogen-bond acceptors (Lipinski definition) is 5.